The number of benzene rings is 4. The second-order valence-corrected chi connectivity index (χ2v) is 12.7. The van der Waals surface area contributed by atoms with E-state index in [0.29, 0.717) is 12.4 Å². The first-order chi connectivity index (χ1) is 22.0. The summed E-state index contributed by atoms with van der Waals surface area (Å²) in [6.07, 6.45) is 0.0851. The van der Waals surface area contributed by atoms with Crippen molar-refractivity contribution in [3.63, 3.8) is 0 Å². The summed E-state index contributed by atoms with van der Waals surface area (Å²) < 4.78 is 63.4. The maximum atomic E-state index is 15.0. The Morgan fingerprint density at radius 2 is 1.48 bits per heavy atom. The smallest absolute Gasteiger partial charge is 0.264 e. The number of ether oxygens (including phenoxy) is 1. The maximum Gasteiger partial charge on any atom is 0.264 e. The van der Waals surface area contributed by atoms with Gasteiger partial charge in [-0.3, -0.25) is 13.9 Å². The van der Waals surface area contributed by atoms with Crippen LogP contribution in [0.1, 0.15) is 31.9 Å². The highest BCUT2D eigenvalue weighted by molar-refractivity contribution is 7.92. The van der Waals surface area contributed by atoms with Gasteiger partial charge in [0.05, 0.1) is 17.2 Å². The molecule has 0 unspecified atom stereocenters. The third-order valence-corrected chi connectivity index (χ3v) is 8.90. The molecule has 46 heavy (non-hydrogen) atoms. The van der Waals surface area contributed by atoms with E-state index in [4.69, 9.17) is 4.74 Å². The highest BCUT2D eigenvalue weighted by Crippen LogP contribution is 2.27. The van der Waals surface area contributed by atoms with Crippen LogP contribution < -0.4 is 14.4 Å². The van der Waals surface area contributed by atoms with Crippen LogP contribution in [0.3, 0.4) is 0 Å². The third-order valence-electron chi connectivity index (χ3n) is 7.12. The highest BCUT2D eigenvalue weighted by atomic mass is 32.2. The average Bonchev–Trinajstić information content (AvgIpc) is 3.03. The van der Waals surface area contributed by atoms with E-state index in [1.807, 2.05) is 18.2 Å². The van der Waals surface area contributed by atoms with Crippen molar-refractivity contribution >= 4 is 27.5 Å². The molecule has 0 saturated carbocycles. The molecular formula is C35H37F2N3O5S. The summed E-state index contributed by atoms with van der Waals surface area (Å²) in [5.74, 6) is -1.96. The average molecular weight is 650 g/mol. The third kappa shape index (κ3) is 8.69. The van der Waals surface area contributed by atoms with E-state index in [2.05, 4.69) is 5.32 Å². The van der Waals surface area contributed by atoms with E-state index in [1.54, 1.807) is 39.0 Å². The summed E-state index contributed by atoms with van der Waals surface area (Å²) in [6, 6.07) is 23.9. The lowest BCUT2D eigenvalue weighted by molar-refractivity contribution is -0.140. The molecule has 0 saturated heterocycles. The molecule has 242 valence electrons. The fourth-order valence-electron chi connectivity index (χ4n) is 4.88. The fourth-order valence-corrected chi connectivity index (χ4v) is 6.30. The fraction of sp³-hybridized carbons (Fsp3) is 0.257. The van der Waals surface area contributed by atoms with Gasteiger partial charge in [0, 0.05) is 24.6 Å². The van der Waals surface area contributed by atoms with Crippen LogP contribution >= 0.6 is 0 Å². The molecule has 0 aromatic heterocycles. The normalized spacial score (nSPS) is 12.0. The number of carbonyl (C=O) groups is 2. The van der Waals surface area contributed by atoms with Crippen LogP contribution in [0.4, 0.5) is 14.5 Å². The number of hydrogen-bond donors (Lipinski definition) is 1. The van der Waals surface area contributed by atoms with E-state index in [0.717, 1.165) is 22.0 Å². The molecular weight excluding hydrogens is 612 g/mol. The molecule has 1 atom stereocenters. The number of nitrogens with zero attached hydrogens (tertiary/aromatic N) is 2. The van der Waals surface area contributed by atoms with Crippen molar-refractivity contribution in [2.75, 3.05) is 17.5 Å². The summed E-state index contributed by atoms with van der Waals surface area (Å²) >= 11 is 0. The van der Waals surface area contributed by atoms with E-state index in [-0.39, 0.29) is 35.2 Å². The van der Waals surface area contributed by atoms with Crippen LogP contribution in [0, 0.1) is 11.6 Å². The van der Waals surface area contributed by atoms with Crippen LogP contribution in [0.15, 0.2) is 108 Å². The van der Waals surface area contributed by atoms with Crippen molar-refractivity contribution in [3.8, 4) is 5.75 Å². The Kier molecular flexibility index (Phi) is 11.5. The van der Waals surface area contributed by atoms with Crippen LogP contribution in [0.5, 0.6) is 5.75 Å². The van der Waals surface area contributed by atoms with Crippen molar-refractivity contribution in [1.82, 2.24) is 10.2 Å². The molecule has 0 aliphatic heterocycles. The van der Waals surface area contributed by atoms with Gasteiger partial charge in [0.1, 0.15) is 30.0 Å². The zero-order chi connectivity index (χ0) is 33.3. The molecule has 4 aromatic carbocycles. The van der Waals surface area contributed by atoms with Crippen molar-refractivity contribution in [3.05, 3.63) is 126 Å². The number of nitrogens with one attached hydrogen (secondary N) is 1. The summed E-state index contributed by atoms with van der Waals surface area (Å²) in [5.41, 5.74) is 0.921. The second-order valence-electron chi connectivity index (χ2n) is 10.9. The van der Waals surface area contributed by atoms with Crippen LogP contribution in [0.2, 0.25) is 0 Å². The lowest BCUT2D eigenvalue weighted by atomic mass is 10.0. The van der Waals surface area contributed by atoms with Crippen molar-refractivity contribution < 1.29 is 31.5 Å². The van der Waals surface area contributed by atoms with Gasteiger partial charge in [0.25, 0.3) is 10.0 Å². The second kappa shape index (κ2) is 15.5. The van der Waals surface area contributed by atoms with Crippen molar-refractivity contribution in [2.45, 2.75) is 50.7 Å². The summed E-state index contributed by atoms with van der Waals surface area (Å²) in [6.45, 7) is 4.67. The van der Waals surface area contributed by atoms with E-state index >= 15 is 0 Å². The zero-order valence-corrected chi connectivity index (χ0v) is 26.7. The first-order valence-corrected chi connectivity index (χ1v) is 16.3. The Morgan fingerprint density at radius 3 is 2.09 bits per heavy atom. The molecule has 0 spiro atoms. The Bertz CT molecular complexity index is 1720. The molecule has 1 N–H and O–H groups in total. The summed E-state index contributed by atoms with van der Waals surface area (Å²) in [5, 5.41) is 2.85. The number of rotatable bonds is 14. The van der Waals surface area contributed by atoms with Gasteiger partial charge in [-0.1, -0.05) is 48.5 Å². The van der Waals surface area contributed by atoms with Crippen molar-refractivity contribution in [2.24, 2.45) is 0 Å². The molecule has 0 radical (unpaired) electrons. The lowest BCUT2D eigenvalue weighted by Crippen LogP contribution is -2.54. The molecule has 4 rings (SSSR count). The minimum atomic E-state index is -4.40. The number of sulfonamides is 1. The topological polar surface area (TPSA) is 96.0 Å². The number of hydrogen-bond acceptors (Lipinski definition) is 5. The van der Waals surface area contributed by atoms with Gasteiger partial charge in [-0.2, -0.15) is 0 Å². The highest BCUT2D eigenvalue weighted by Gasteiger charge is 2.35. The molecule has 0 bridgehead atoms. The molecule has 8 nitrogen and oxygen atoms in total. The van der Waals surface area contributed by atoms with E-state index < -0.39 is 46.1 Å². The molecule has 11 heteroatoms. The summed E-state index contributed by atoms with van der Waals surface area (Å²) in [7, 11) is -4.40. The Labute approximate surface area is 268 Å². The largest absolute Gasteiger partial charge is 0.494 e. The predicted octanol–water partition coefficient (Wildman–Crippen LogP) is 5.72. The predicted molar refractivity (Wildman–Crippen MR) is 173 cm³/mol. The first-order valence-electron chi connectivity index (χ1n) is 14.9. The molecule has 0 aliphatic rings. The van der Waals surface area contributed by atoms with E-state index in [1.165, 1.54) is 59.5 Å². The number of carbonyl (C=O) groups excluding carboxylic acids is 2. The van der Waals surface area contributed by atoms with Crippen LogP contribution in [-0.2, 0) is 32.6 Å². The molecule has 0 aliphatic carbocycles. The quantitative estimate of drug-likeness (QED) is 0.189. The van der Waals surface area contributed by atoms with Gasteiger partial charge < -0.3 is 15.0 Å². The standard InChI is InChI=1S/C35H37F2N3O5S/c1-4-45-30-18-20-31(21-19-30)46(43,44)40(29-16-14-28(36)15-17-29)24-34(41)39(23-27-12-8-9-13-32(27)37)33(35(42)38-25(2)3)22-26-10-6-5-7-11-26/h5-21,25,33H,4,22-24H2,1-3H3,(H,38,42)/t33-/m0/s1. The first kappa shape index (κ1) is 34.1. The van der Waals surface area contributed by atoms with Gasteiger partial charge >= 0.3 is 0 Å². The number of amides is 2. The van der Waals surface area contributed by atoms with Crippen LogP contribution in [0.25, 0.3) is 0 Å². The van der Waals surface area contributed by atoms with E-state index in [9.17, 15) is 26.8 Å². The zero-order valence-electron chi connectivity index (χ0n) is 25.9. The molecule has 4 aromatic rings. The Balaban J connectivity index is 1.80. The SMILES string of the molecule is CCOc1ccc(S(=O)(=O)N(CC(=O)N(Cc2ccccc2F)[C@@H](Cc2ccccc2)C(=O)NC(C)C)c2ccc(F)cc2)cc1. The monoisotopic (exact) mass is 649 g/mol. The minimum absolute atomic E-state index is 0.0284. The Morgan fingerprint density at radius 1 is 0.848 bits per heavy atom. The van der Waals surface area contributed by atoms with Gasteiger partial charge in [0.15, 0.2) is 0 Å². The number of anilines is 1. The summed E-state index contributed by atoms with van der Waals surface area (Å²) in [4.78, 5) is 29.1. The van der Waals surface area contributed by atoms with Gasteiger partial charge in [-0.25, -0.2) is 17.2 Å². The molecule has 0 heterocycles. The lowest BCUT2D eigenvalue weighted by Gasteiger charge is -2.34. The van der Waals surface area contributed by atoms with Crippen LogP contribution in [-0.4, -0.2) is 50.4 Å². The minimum Gasteiger partial charge on any atom is -0.494 e. The van der Waals surface area contributed by atoms with Gasteiger partial charge in [-0.05, 0) is 80.9 Å². The maximum absolute atomic E-state index is 15.0. The Hall–Kier alpha value is -4.77. The number of halogens is 2. The van der Waals surface area contributed by atoms with Gasteiger partial charge in [-0.15, -0.1) is 0 Å². The van der Waals surface area contributed by atoms with Crippen molar-refractivity contribution in [1.29, 1.82) is 0 Å². The van der Waals surface area contributed by atoms with Gasteiger partial charge in [0.2, 0.25) is 11.8 Å². The molecule has 2 amide bonds. The molecule has 0 fully saturated rings.